The van der Waals surface area contributed by atoms with Crippen molar-refractivity contribution in [2.75, 3.05) is 6.54 Å². The van der Waals surface area contributed by atoms with E-state index in [1.165, 1.54) is 6.20 Å². The van der Waals surface area contributed by atoms with E-state index in [4.69, 9.17) is 4.84 Å². The summed E-state index contributed by atoms with van der Waals surface area (Å²) in [7, 11) is 0. The minimum Gasteiger partial charge on any atom is -0.391 e. The van der Waals surface area contributed by atoms with Gasteiger partial charge in [-0.05, 0) is 38.3 Å². The molecule has 1 saturated heterocycles. The van der Waals surface area contributed by atoms with Gasteiger partial charge in [0, 0.05) is 25.4 Å². The van der Waals surface area contributed by atoms with E-state index in [-0.39, 0.29) is 17.9 Å². The first-order valence-electron chi connectivity index (χ1n) is 7.89. The molecule has 2 aliphatic rings. The summed E-state index contributed by atoms with van der Waals surface area (Å²) in [6.45, 7) is 2.46. The Morgan fingerprint density at radius 2 is 2.26 bits per heavy atom. The van der Waals surface area contributed by atoms with E-state index in [0.29, 0.717) is 30.8 Å². The minimum atomic E-state index is -0.477. The number of nitrogens with one attached hydrogen (secondary N) is 1. The van der Waals surface area contributed by atoms with Gasteiger partial charge in [-0.2, -0.15) is 0 Å². The zero-order chi connectivity index (χ0) is 16.2. The highest BCUT2D eigenvalue weighted by atomic mass is 16.6. The molecule has 1 aromatic heterocycles. The van der Waals surface area contributed by atoms with Crippen LogP contribution in [0.15, 0.2) is 29.7 Å². The largest absolute Gasteiger partial charge is 0.391 e. The Balaban J connectivity index is 1.71. The van der Waals surface area contributed by atoms with Gasteiger partial charge in [0.2, 0.25) is 5.91 Å². The van der Waals surface area contributed by atoms with Gasteiger partial charge in [0.25, 0.3) is 5.91 Å². The Kier molecular flexibility index (Phi) is 4.55. The van der Waals surface area contributed by atoms with Crippen molar-refractivity contribution in [2.24, 2.45) is 5.16 Å². The highest BCUT2D eigenvalue weighted by molar-refractivity contribution is 6.03. The fraction of sp³-hybridized carbons (Fsp3) is 0.500. The average Bonchev–Trinajstić information content (AvgIpc) is 3.00. The average molecular weight is 316 g/mol. The number of amides is 2. The maximum absolute atomic E-state index is 12.7. The van der Waals surface area contributed by atoms with Crippen LogP contribution in [-0.4, -0.2) is 46.2 Å². The van der Waals surface area contributed by atoms with Crippen LogP contribution in [-0.2, 0) is 9.63 Å². The fourth-order valence-corrected chi connectivity index (χ4v) is 2.90. The number of oxime groups is 1. The Labute approximate surface area is 134 Å². The van der Waals surface area contributed by atoms with Crippen molar-refractivity contribution in [1.29, 1.82) is 0 Å². The molecule has 0 spiro atoms. The van der Waals surface area contributed by atoms with Crippen LogP contribution < -0.4 is 5.32 Å². The standard InChI is InChI=1S/C16H20N4O3/c1-11-9-14(19-23-11)18-15(21)13-6-2-3-8-20(13)16(22)12-5-4-7-17-10-12/h4-5,7,10-11,13H,2-3,6,8-9H2,1H3,(H,18,19,21)/t11-,13+/m1/s1. The van der Waals surface area contributed by atoms with E-state index in [1.54, 1.807) is 23.2 Å². The Morgan fingerprint density at radius 1 is 1.39 bits per heavy atom. The SMILES string of the molecule is C[C@@H]1CC(NC(=O)[C@@H]2CCCCN2C(=O)c2cccnc2)=NO1. The molecule has 3 heterocycles. The van der Waals surface area contributed by atoms with Crippen molar-refractivity contribution in [1.82, 2.24) is 15.2 Å². The van der Waals surface area contributed by atoms with E-state index in [9.17, 15) is 9.59 Å². The highest BCUT2D eigenvalue weighted by Crippen LogP contribution is 2.20. The molecule has 7 nitrogen and oxygen atoms in total. The van der Waals surface area contributed by atoms with Gasteiger partial charge in [-0.25, -0.2) is 0 Å². The van der Waals surface area contributed by atoms with Crippen LogP contribution in [0, 0.1) is 0 Å². The number of carbonyl (C=O) groups is 2. The number of amidine groups is 1. The third-order valence-corrected chi connectivity index (χ3v) is 4.07. The van der Waals surface area contributed by atoms with E-state index in [2.05, 4.69) is 15.5 Å². The summed E-state index contributed by atoms with van der Waals surface area (Å²) in [4.78, 5) is 35.9. The number of rotatable bonds is 2. The van der Waals surface area contributed by atoms with Gasteiger partial charge in [0.1, 0.15) is 12.1 Å². The summed E-state index contributed by atoms with van der Waals surface area (Å²) in [5.41, 5.74) is 0.502. The molecule has 0 radical (unpaired) electrons. The third kappa shape index (κ3) is 3.49. The number of likely N-dealkylation sites (tertiary alicyclic amines) is 1. The van der Waals surface area contributed by atoms with Gasteiger partial charge in [0.15, 0.2) is 5.84 Å². The molecule has 1 fully saturated rings. The first kappa shape index (κ1) is 15.5. The van der Waals surface area contributed by atoms with E-state index < -0.39 is 6.04 Å². The summed E-state index contributed by atoms with van der Waals surface area (Å²) < 4.78 is 0. The highest BCUT2D eigenvalue weighted by Gasteiger charge is 2.33. The zero-order valence-corrected chi connectivity index (χ0v) is 13.1. The van der Waals surface area contributed by atoms with Gasteiger partial charge >= 0.3 is 0 Å². The first-order chi connectivity index (χ1) is 11.1. The van der Waals surface area contributed by atoms with Gasteiger partial charge in [-0.15, -0.1) is 0 Å². The molecule has 2 aliphatic heterocycles. The topological polar surface area (TPSA) is 83.9 Å². The molecule has 1 N–H and O–H groups in total. The number of aromatic nitrogens is 1. The second-order valence-electron chi connectivity index (χ2n) is 5.90. The third-order valence-electron chi connectivity index (χ3n) is 4.07. The van der Waals surface area contributed by atoms with Crippen molar-refractivity contribution in [2.45, 2.75) is 44.8 Å². The fourth-order valence-electron chi connectivity index (χ4n) is 2.90. The van der Waals surface area contributed by atoms with Crippen LogP contribution in [0.2, 0.25) is 0 Å². The van der Waals surface area contributed by atoms with Gasteiger partial charge in [0.05, 0.1) is 5.56 Å². The normalized spacial score (nSPS) is 23.9. The number of nitrogens with zero attached hydrogens (tertiary/aromatic N) is 3. The van der Waals surface area contributed by atoms with Crippen LogP contribution >= 0.6 is 0 Å². The maximum atomic E-state index is 12.7. The maximum Gasteiger partial charge on any atom is 0.256 e. The van der Waals surface area contributed by atoms with E-state index in [1.807, 2.05) is 6.92 Å². The Bertz CT molecular complexity index is 617. The molecule has 0 aliphatic carbocycles. The molecule has 0 saturated carbocycles. The monoisotopic (exact) mass is 316 g/mol. The molecule has 122 valence electrons. The predicted octanol–water partition coefficient (Wildman–Crippen LogP) is 1.31. The lowest BCUT2D eigenvalue weighted by Gasteiger charge is -2.34. The van der Waals surface area contributed by atoms with Gasteiger partial charge < -0.3 is 15.1 Å². The lowest BCUT2D eigenvalue weighted by Crippen LogP contribution is -2.52. The summed E-state index contributed by atoms with van der Waals surface area (Å²) in [5, 5.41) is 6.64. The molecule has 7 heteroatoms. The van der Waals surface area contributed by atoms with Crippen LogP contribution in [0.1, 0.15) is 43.0 Å². The van der Waals surface area contributed by atoms with Crippen molar-refractivity contribution in [3.8, 4) is 0 Å². The number of pyridine rings is 1. The molecular weight excluding hydrogens is 296 g/mol. The summed E-state index contributed by atoms with van der Waals surface area (Å²) in [6, 6.07) is 2.96. The first-order valence-corrected chi connectivity index (χ1v) is 7.89. The number of piperidine rings is 1. The predicted molar refractivity (Wildman–Crippen MR) is 83.7 cm³/mol. The number of hydrogen-bond acceptors (Lipinski definition) is 5. The summed E-state index contributed by atoms with van der Waals surface area (Å²) in [5.74, 6) is 0.177. The zero-order valence-electron chi connectivity index (χ0n) is 13.1. The lowest BCUT2D eigenvalue weighted by molar-refractivity contribution is -0.125. The van der Waals surface area contributed by atoms with Crippen LogP contribution in [0.3, 0.4) is 0 Å². The molecule has 0 aromatic carbocycles. The van der Waals surface area contributed by atoms with Crippen molar-refractivity contribution in [3.05, 3.63) is 30.1 Å². The Hall–Kier alpha value is -2.44. The molecule has 0 unspecified atom stereocenters. The van der Waals surface area contributed by atoms with Gasteiger partial charge in [-0.1, -0.05) is 5.16 Å². The second-order valence-corrected chi connectivity index (χ2v) is 5.90. The second kappa shape index (κ2) is 6.76. The smallest absolute Gasteiger partial charge is 0.256 e. The van der Waals surface area contributed by atoms with Crippen LogP contribution in [0.4, 0.5) is 0 Å². The number of carbonyl (C=O) groups excluding carboxylic acids is 2. The van der Waals surface area contributed by atoms with E-state index >= 15 is 0 Å². The van der Waals surface area contributed by atoms with Gasteiger partial charge in [-0.3, -0.25) is 14.6 Å². The van der Waals surface area contributed by atoms with Crippen LogP contribution in [0.5, 0.6) is 0 Å². The number of hydrogen-bond donors (Lipinski definition) is 1. The molecule has 2 atom stereocenters. The molecule has 2 amide bonds. The molecular formula is C16H20N4O3. The quantitative estimate of drug-likeness (QED) is 0.892. The van der Waals surface area contributed by atoms with Crippen molar-refractivity contribution >= 4 is 17.6 Å². The van der Waals surface area contributed by atoms with Crippen molar-refractivity contribution < 1.29 is 14.4 Å². The lowest BCUT2D eigenvalue weighted by atomic mass is 10.00. The molecule has 23 heavy (non-hydrogen) atoms. The van der Waals surface area contributed by atoms with Crippen LogP contribution in [0.25, 0.3) is 0 Å². The molecule has 0 bridgehead atoms. The molecule has 1 aromatic rings. The summed E-state index contributed by atoms with van der Waals surface area (Å²) >= 11 is 0. The van der Waals surface area contributed by atoms with Crippen molar-refractivity contribution in [3.63, 3.8) is 0 Å². The summed E-state index contributed by atoms with van der Waals surface area (Å²) in [6.07, 6.45) is 6.19. The van der Waals surface area contributed by atoms with E-state index in [0.717, 1.165) is 12.8 Å². The molecule has 3 rings (SSSR count). The minimum absolute atomic E-state index is 0.0233. The Morgan fingerprint density at radius 3 is 2.96 bits per heavy atom.